The van der Waals surface area contributed by atoms with Crippen LogP contribution in [0.3, 0.4) is 0 Å². The van der Waals surface area contributed by atoms with Gasteiger partial charge in [0.25, 0.3) is 0 Å². The molecule has 13 heavy (non-hydrogen) atoms. The Morgan fingerprint density at radius 3 is 2.38 bits per heavy atom. The molecule has 0 saturated heterocycles. The standard InChI is InChI=1S/C10H21NO2/c1-4-8(3)6-9(5-2)11-7-10(12)13/h8-9,11H,4-7H2,1-3H3,(H,12,13). The fourth-order valence-electron chi connectivity index (χ4n) is 1.28. The normalized spacial score (nSPS) is 15.3. The van der Waals surface area contributed by atoms with Gasteiger partial charge >= 0.3 is 5.97 Å². The van der Waals surface area contributed by atoms with Gasteiger partial charge in [-0.2, -0.15) is 0 Å². The van der Waals surface area contributed by atoms with Gasteiger partial charge in [0.05, 0.1) is 6.54 Å². The van der Waals surface area contributed by atoms with Crippen molar-refractivity contribution in [1.29, 1.82) is 0 Å². The van der Waals surface area contributed by atoms with E-state index in [-0.39, 0.29) is 6.54 Å². The van der Waals surface area contributed by atoms with E-state index in [2.05, 4.69) is 26.1 Å². The van der Waals surface area contributed by atoms with E-state index in [1.807, 2.05) is 0 Å². The molecule has 0 aliphatic rings. The molecule has 0 aromatic heterocycles. The lowest BCUT2D eigenvalue weighted by Crippen LogP contribution is -2.34. The average Bonchev–Trinajstić information content (AvgIpc) is 2.11. The van der Waals surface area contributed by atoms with Crippen LogP contribution in [0.25, 0.3) is 0 Å². The zero-order valence-electron chi connectivity index (χ0n) is 8.84. The summed E-state index contributed by atoms with van der Waals surface area (Å²) in [5.74, 6) is -0.103. The molecule has 78 valence electrons. The van der Waals surface area contributed by atoms with Crippen LogP contribution in [-0.4, -0.2) is 23.7 Å². The number of aliphatic carboxylic acids is 1. The first kappa shape index (κ1) is 12.4. The Bertz CT molecular complexity index is 148. The zero-order valence-corrected chi connectivity index (χ0v) is 8.84. The second-order valence-electron chi connectivity index (χ2n) is 3.63. The molecule has 0 aromatic carbocycles. The summed E-state index contributed by atoms with van der Waals surface area (Å²) in [6, 6.07) is 0.353. The van der Waals surface area contributed by atoms with Crippen LogP contribution in [0.5, 0.6) is 0 Å². The molecule has 0 radical (unpaired) electrons. The molecule has 0 spiro atoms. The highest BCUT2D eigenvalue weighted by Gasteiger charge is 2.10. The van der Waals surface area contributed by atoms with Crippen LogP contribution in [0.4, 0.5) is 0 Å². The van der Waals surface area contributed by atoms with Gasteiger partial charge in [0.15, 0.2) is 0 Å². The topological polar surface area (TPSA) is 49.3 Å². The van der Waals surface area contributed by atoms with Gasteiger partial charge in [-0.1, -0.05) is 27.2 Å². The largest absolute Gasteiger partial charge is 0.480 e. The molecule has 0 fully saturated rings. The van der Waals surface area contributed by atoms with Gasteiger partial charge in [0.1, 0.15) is 0 Å². The lowest BCUT2D eigenvalue weighted by Gasteiger charge is -2.19. The van der Waals surface area contributed by atoms with Crippen LogP contribution in [0.2, 0.25) is 0 Å². The summed E-state index contributed by atoms with van der Waals surface area (Å²) in [6.07, 6.45) is 3.23. The third-order valence-corrected chi connectivity index (χ3v) is 2.42. The van der Waals surface area contributed by atoms with Crippen molar-refractivity contribution >= 4 is 5.97 Å². The van der Waals surface area contributed by atoms with Crippen molar-refractivity contribution in [3.63, 3.8) is 0 Å². The molecule has 0 rings (SSSR count). The maximum absolute atomic E-state index is 10.3. The van der Waals surface area contributed by atoms with E-state index in [0.29, 0.717) is 12.0 Å². The van der Waals surface area contributed by atoms with Crippen molar-refractivity contribution in [2.45, 2.75) is 46.1 Å². The van der Waals surface area contributed by atoms with Gasteiger partial charge in [0, 0.05) is 6.04 Å². The van der Waals surface area contributed by atoms with E-state index in [0.717, 1.165) is 19.3 Å². The molecule has 3 heteroatoms. The van der Waals surface area contributed by atoms with E-state index < -0.39 is 5.97 Å². The second-order valence-corrected chi connectivity index (χ2v) is 3.63. The highest BCUT2D eigenvalue weighted by molar-refractivity contribution is 5.69. The third-order valence-electron chi connectivity index (χ3n) is 2.42. The number of hydrogen-bond acceptors (Lipinski definition) is 2. The highest BCUT2D eigenvalue weighted by Crippen LogP contribution is 2.11. The van der Waals surface area contributed by atoms with Gasteiger partial charge in [0.2, 0.25) is 0 Å². The number of rotatable bonds is 7. The Balaban J connectivity index is 3.68. The van der Waals surface area contributed by atoms with Crippen LogP contribution >= 0.6 is 0 Å². The number of nitrogens with one attached hydrogen (secondary N) is 1. The van der Waals surface area contributed by atoms with Crippen molar-refractivity contribution in [1.82, 2.24) is 5.32 Å². The van der Waals surface area contributed by atoms with Gasteiger partial charge in [-0.15, -0.1) is 0 Å². The third kappa shape index (κ3) is 6.58. The first-order chi connectivity index (χ1) is 6.10. The highest BCUT2D eigenvalue weighted by atomic mass is 16.4. The fraction of sp³-hybridized carbons (Fsp3) is 0.900. The summed E-state index contributed by atoms with van der Waals surface area (Å²) < 4.78 is 0. The number of carboxylic acid groups (broad SMARTS) is 1. The summed E-state index contributed by atoms with van der Waals surface area (Å²) in [6.45, 7) is 6.52. The van der Waals surface area contributed by atoms with Crippen molar-refractivity contribution in [3.8, 4) is 0 Å². The van der Waals surface area contributed by atoms with Crippen LogP contribution in [-0.2, 0) is 4.79 Å². The Morgan fingerprint density at radius 2 is 2.00 bits per heavy atom. The number of hydrogen-bond donors (Lipinski definition) is 2. The predicted molar refractivity (Wildman–Crippen MR) is 53.8 cm³/mol. The molecule has 0 heterocycles. The molecule has 0 aromatic rings. The molecule has 2 N–H and O–H groups in total. The molecule has 3 nitrogen and oxygen atoms in total. The molecule has 0 aliphatic heterocycles. The summed E-state index contributed by atoms with van der Waals surface area (Å²) in [7, 11) is 0. The summed E-state index contributed by atoms with van der Waals surface area (Å²) >= 11 is 0. The van der Waals surface area contributed by atoms with Crippen LogP contribution < -0.4 is 5.32 Å². The summed E-state index contributed by atoms with van der Waals surface area (Å²) in [5.41, 5.74) is 0. The zero-order chi connectivity index (χ0) is 10.3. The summed E-state index contributed by atoms with van der Waals surface area (Å²) in [5, 5.41) is 11.5. The molecule has 2 atom stereocenters. The Kier molecular flexibility index (Phi) is 6.59. The first-order valence-electron chi connectivity index (χ1n) is 5.05. The fourth-order valence-corrected chi connectivity index (χ4v) is 1.28. The number of carboxylic acids is 1. The van der Waals surface area contributed by atoms with Crippen molar-refractivity contribution in [3.05, 3.63) is 0 Å². The van der Waals surface area contributed by atoms with E-state index in [1.54, 1.807) is 0 Å². The van der Waals surface area contributed by atoms with Crippen LogP contribution in [0.15, 0.2) is 0 Å². The minimum absolute atomic E-state index is 0.0783. The summed E-state index contributed by atoms with van der Waals surface area (Å²) in [4.78, 5) is 10.3. The SMILES string of the molecule is CCC(C)CC(CC)NCC(=O)O. The van der Waals surface area contributed by atoms with E-state index in [9.17, 15) is 4.79 Å². The van der Waals surface area contributed by atoms with Gasteiger partial charge in [-0.3, -0.25) is 4.79 Å². The van der Waals surface area contributed by atoms with Gasteiger partial charge in [-0.25, -0.2) is 0 Å². The molecule has 2 unspecified atom stereocenters. The van der Waals surface area contributed by atoms with Gasteiger partial charge < -0.3 is 10.4 Å². The van der Waals surface area contributed by atoms with E-state index >= 15 is 0 Å². The van der Waals surface area contributed by atoms with Crippen LogP contribution in [0, 0.1) is 5.92 Å². The average molecular weight is 187 g/mol. The maximum atomic E-state index is 10.3. The van der Waals surface area contributed by atoms with Crippen molar-refractivity contribution in [2.24, 2.45) is 5.92 Å². The van der Waals surface area contributed by atoms with Gasteiger partial charge in [-0.05, 0) is 18.8 Å². The molecular formula is C10H21NO2. The number of carbonyl (C=O) groups is 1. The minimum Gasteiger partial charge on any atom is -0.480 e. The molecule has 0 amide bonds. The Hall–Kier alpha value is -0.570. The Morgan fingerprint density at radius 1 is 1.38 bits per heavy atom. The second kappa shape index (κ2) is 6.89. The lowest BCUT2D eigenvalue weighted by molar-refractivity contribution is -0.136. The monoisotopic (exact) mass is 187 g/mol. The van der Waals surface area contributed by atoms with E-state index in [4.69, 9.17) is 5.11 Å². The van der Waals surface area contributed by atoms with Crippen molar-refractivity contribution in [2.75, 3.05) is 6.54 Å². The smallest absolute Gasteiger partial charge is 0.317 e. The van der Waals surface area contributed by atoms with Crippen LogP contribution in [0.1, 0.15) is 40.0 Å². The molecule has 0 bridgehead atoms. The predicted octanol–water partition coefficient (Wildman–Crippen LogP) is 1.88. The quantitative estimate of drug-likeness (QED) is 0.639. The maximum Gasteiger partial charge on any atom is 0.317 e. The lowest BCUT2D eigenvalue weighted by atomic mass is 9.98. The molecule has 0 saturated carbocycles. The first-order valence-corrected chi connectivity index (χ1v) is 5.05. The minimum atomic E-state index is -0.775. The van der Waals surface area contributed by atoms with Crippen molar-refractivity contribution < 1.29 is 9.90 Å². The molecule has 0 aliphatic carbocycles. The van der Waals surface area contributed by atoms with E-state index in [1.165, 1.54) is 0 Å². The Labute approximate surface area is 80.5 Å². The molecular weight excluding hydrogens is 166 g/mol.